The van der Waals surface area contributed by atoms with E-state index in [0.29, 0.717) is 29.3 Å². The topological polar surface area (TPSA) is 65.6 Å². The third-order valence-electron chi connectivity index (χ3n) is 6.75. The van der Waals surface area contributed by atoms with Gasteiger partial charge in [-0.1, -0.05) is 63.3 Å². The third kappa shape index (κ3) is 8.18. The minimum absolute atomic E-state index is 0.217. The summed E-state index contributed by atoms with van der Waals surface area (Å²) in [6, 6.07) is 9.11. The van der Waals surface area contributed by atoms with Gasteiger partial charge in [-0.05, 0) is 69.1 Å². The number of imidazole rings is 1. The molecule has 2 aromatic heterocycles. The van der Waals surface area contributed by atoms with Crippen molar-refractivity contribution in [1.82, 2.24) is 20.3 Å². The van der Waals surface area contributed by atoms with Crippen LogP contribution in [0.5, 0.6) is 0 Å². The quantitative estimate of drug-likeness (QED) is 0.233. The van der Waals surface area contributed by atoms with E-state index in [1.54, 1.807) is 18.3 Å². The zero-order valence-corrected chi connectivity index (χ0v) is 23.8. The summed E-state index contributed by atoms with van der Waals surface area (Å²) in [4.78, 5) is 12.8. The Kier molecular flexibility index (Phi) is 11.3. The van der Waals surface area contributed by atoms with Gasteiger partial charge in [-0.25, -0.2) is 9.97 Å². The van der Waals surface area contributed by atoms with E-state index in [4.69, 9.17) is 4.98 Å². The fourth-order valence-electron chi connectivity index (χ4n) is 4.54. The summed E-state index contributed by atoms with van der Waals surface area (Å²) in [6.45, 7) is 14.3. The zero-order valence-electron chi connectivity index (χ0n) is 23.8. The van der Waals surface area contributed by atoms with Crippen molar-refractivity contribution in [3.05, 3.63) is 89.9 Å². The molecule has 1 fully saturated rings. The molecule has 1 aromatic carbocycles. The highest BCUT2D eigenvalue weighted by molar-refractivity contribution is 5.80. The molecule has 0 atom stereocenters. The molecule has 0 saturated carbocycles. The monoisotopic (exact) mass is 551 g/mol. The Morgan fingerprint density at radius 2 is 1.88 bits per heavy atom. The molecule has 4 rings (SSSR count). The van der Waals surface area contributed by atoms with E-state index in [-0.39, 0.29) is 5.92 Å². The second-order valence-electron chi connectivity index (χ2n) is 9.55. The van der Waals surface area contributed by atoms with Gasteiger partial charge in [-0.15, -0.1) is 0 Å². The number of hydrogen-bond donors (Lipinski definition) is 3. The number of hydrogen-bond acceptors (Lipinski definition) is 4. The van der Waals surface area contributed by atoms with Gasteiger partial charge in [-0.2, -0.15) is 13.2 Å². The average Bonchev–Trinajstić information content (AvgIpc) is 3.43. The number of allylic oxidation sites excluding steroid dienone is 3. The molecule has 0 unspecified atom stereocenters. The fourth-order valence-corrected chi connectivity index (χ4v) is 4.54. The van der Waals surface area contributed by atoms with Crippen LogP contribution in [0.4, 0.5) is 19.0 Å². The number of nitrogens with zero attached hydrogens (tertiary/aromatic N) is 2. The Bertz CT molecular complexity index is 1310. The van der Waals surface area contributed by atoms with Crippen molar-refractivity contribution in [2.75, 3.05) is 25.0 Å². The first kappa shape index (κ1) is 30.9. The molecule has 1 aliphatic rings. The van der Waals surface area contributed by atoms with Gasteiger partial charge < -0.3 is 15.6 Å². The van der Waals surface area contributed by atoms with Crippen molar-refractivity contribution >= 4 is 5.82 Å². The number of benzene rings is 1. The summed E-state index contributed by atoms with van der Waals surface area (Å²) in [5.74, 6) is 1.68. The summed E-state index contributed by atoms with van der Waals surface area (Å²) in [7, 11) is 0. The van der Waals surface area contributed by atoms with Crippen molar-refractivity contribution in [3.63, 3.8) is 0 Å². The van der Waals surface area contributed by atoms with Gasteiger partial charge in [0.05, 0.1) is 17.0 Å². The number of H-pyrrole nitrogens is 1. The second kappa shape index (κ2) is 14.7. The highest BCUT2D eigenvalue weighted by Gasteiger charge is 2.31. The minimum Gasteiger partial charge on any atom is -0.366 e. The Morgan fingerprint density at radius 3 is 2.55 bits per heavy atom. The Morgan fingerprint density at radius 1 is 1.12 bits per heavy atom. The van der Waals surface area contributed by atoms with Gasteiger partial charge in [0.2, 0.25) is 0 Å². The molecule has 0 bridgehead atoms. The van der Waals surface area contributed by atoms with Crippen LogP contribution >= 0.6 is 0 Å². The first-order chi connectivity index (χ1) is 19.3. The van der Waals surface area contributed by atoms with Crippen molar-refractivity contribution < 1.29 is 13.2 Å². The molecule has 0 spiro atoms. The number of alkyl halides is 3. The number of rotatable bonds is 9. The number of anilines is 1. The number of nitrogens with one attached hydrogen (secondary N) is 3. The lowest BCUT2D eigenvalue weighted by molar-refractivity contribution is -0.137. The molecule has 3 aromatic rings. The predicted molar refractivity (Wildman–Crippen MR) is 159 cm³/mol. The molecule has 0 amide bonds. The molecule has 0 aliphatic carbocycles. The second-order valence-corrected chi connectivity index (χ2v) is 9.55. The van der Waals surface area contributed by atoms with Crippen LogP contribution in [0, 0.1) is 0 Å². The van der Waals surface area contributed by atoms with Gasteiger partial charge in [0.1, 0.15) is 11.6 Å². The number of piperidine rings is 1. The normalized spacial score (nSPS) is 14.9. The van der Waals surface area contributed by atoms with E-state index in [1.165, 1.54) is 17.7 Å². The fraction of sp³-hybridized carbons (Fsp3) is 0.375. The van der Waals surface area contributed by atoms with Crippen LogP contribution in [0.2, 0.25) is 0 Å². The Hall–Kier alpha value is -3.65. The van der Waals surface area contributed by atoms with E-state index in [1.807, 2.05) is 32.1 Å². The van der Waals surface area contributed by atoms with Gasteiger partial charge >= 0.3 is 6.18 Å². The summed E-state index contributed by atoms with van der Waals surface area (Å²) in [6.07, 6.45) is 5.91. The lowest BCUT2D eigenvalue weighted by Gasteiger charge is -2.20. The van der Waals surface area contributed by atoms with Gasteiger partial charge in [0, 0.05) is 29.8 Å². The molecule has 40 heavy (non-hydrogen) atoms. The molecule has 3 N–H and O–H groups in total. The molecule has 1 aliphatic heterocycles. The summed E-state index contributed by atoms with van der Waals surface area (Å²) >= 11 is 0. The SMILES string of the molecule is C=C/C=C(\C=C(/C)CC)CNc1cc(-c2[nH]c(C3CCNCC3)nc2-c2cccc(C(F)(F)F)c2)ccn1.CC. The standard InChI is InChI=1S/C30H34F3N5.C2H6/c1-4-7-21(16-20(3)5-2)19-36-26-18-24(12-15-35-26)28-27(23-8-6-9-25(17-23)30(31,32)33)37-29(38-28)22-10-13-34-14-11-22;1-2/h4,6-9,12,15-18,22,34H,1,5,10-11,13-14,19H2,2-3H3,(H,35,36)(H,37,38);1-2H3/b20-16+,21-7+;. The van der Waals surface area contributed by atoms with Crippen LogP contribution in [0.25, 0.3) is 22.5 Å². The summed E-state index contributed by atoms with van der Waals surface area (Å²) in [5.41, 5.74) is 4.07. The highest BCUT2D eigenvalue weighted by atomic mass is 19.4. The molecule has 3 heterocycles. The maximum atomic E-state index is 13.5. The number of halogens is 3. The van der Waals surface area contributed by atoms with Gasteiger partial charge in [-0.3, -0.25) is 0 Å². The largest absolute Gasteiger partial charge is 0.416 e. The Labute approximate surface area is 235 Å². The van der Waals surface area contributed by atoms with Crippen molar-refractivity contribution in [1.29, 1.82) is 0 Å². The van der Waals surface area contributed by atoms with Crippen molar-refractivity contribution in [2.45, 2.75) is 59.1 Å². The van der Waals surface area contributed by atoms with E-state index in [0.717, 1.165) is 55.4 Å². The first-order valence-corrected chi connectivity index (χ1v) is 14.0. The van der Waals surface area contributed by atoms with Crippen LogP contribution in [0.1, 0.15) is 64.3 Å². The number of aromatic amines is 1. The molecule has 1 saturated heterocycles. The summed E-state index contributed by atoms with van der Waals surface area (Å²) < 4.78 is 40.5. The minimum atomic E-state index is -4.43. The predicted octanol–water partition coefficient (Wildman–Crippen LogP) is 8.53. The molecular weight excluding hydrogens is 511 g/mol. The van der Waals surface area contributed by atoms with Gasteiger partial charge in [0.25, 0.3) is 0 Å². The van der Waals surface area contributed by atoms with Crippen LogP contribution in [-0.2, 0) is 6.18 Å². The highest BCUT2D eigenvalue weighted by Crippen LogP contribution is 2.37. The third-order valence-corrected chi connectivity index (χ3v) is 6.75. The van der Waals surface area contributed by atoms with E-state index >= 15 is 0 Å². The molecule has 0 radical (unpaired) electrons. The van der Waals surface area contributed by atoms with Crippen LogP contribution in [-0.4, -0.2) is 34.6 Å². The Balaban J connectivity index is 0.00000216. The lowest BCUT2D eigenvalue weighted by Crippen LogP contribution is -2.27. The van der Waals surface area contributed by atoms with Crippen molar-refractivity contribution in [3.8, 4) is 22.5 Å². The summed E-state index contributed by atoms with van der Waals surface area (Å²) in [5, 5.41) is 6.71. The maximum absolute atomic E-state index is 13.5. The molecular formula is C32H40F3N5. The van der Waals surface area contributed by atoms with E-state index < -0.39 is 11.7 Å². The van der Waals surface area contributed by atoms with E-state index in [9.17, 15) is 13.2 Å². The number of aromatic nitrogens is 3. The average molecular weight is 552 g/mol. The smallest absolute Gasteiger partial charge is 0.366 e. The molecule has 5 nitrogen and oxygen atoms in total. The zero-order chi connectivity index (χ0) is 29.1. The van der Waals surface area contributed by atoms with Crippen molar-refractivity contribution in [2.24, 2.45) is 0 Å². The van der Waals surface area contributed by atoms with Gasteiger partial charge in [0.15, 0.2) is 0 Å². The van der Waals surface area contributed by atoms with Crippen LogP contribution in [0.3, 0.4) is 0 Å². The van der Waals surface area contributed by atoms with E-state index in [2.05, 4.69) is 47.1 Å². The van der Waals surface area contributed by atoms with Crippen LogP contribution < -0.4 is 10.6 Å². The molecule has 8 heteroatoms. The number of pyridine rings is 1. The van der Waals surface area contributed by atoms with Crippen LogP contribution in [0.15, 0.2) is 78.5 Å². The molecule has 214 valence electrons. The maximum Gasteiger partial charge on any atom is 0.416 e. The lowest BCUT2D eigenvalue weighted by atomic mass is 9.97. The first-order valence-electron chi connectivity index (χ1n) is 14.0.